The number of aromatic nitrogens is 3. The predicted octanol–water partition coefficient (Wildman–Crippen LogP) is 6.27. The van der Waals surface area contributed by atoms with E-state index in [4.69, 9.17) is 16.0 Å². The standard InChI is InChI=1S/C34H39ClFN5O3/c35-26-8-6-24(7-9-26)18-28(39-33(43)32-20-30(42)29-11-10-27(36)19-31(29)44-32)12-15-40-16-13-34(14-17-40,21-41-23-37-22-38-41)25-4-2-1-3-5-25/h6-11,19-20,22-23,25,28H,1-5,12-18,21H2,(H,39,43)/t28-/m1/s1. The molecule has 2 aromatic carbocycles. The van der Waals surface area contributed by atoms with Crippen LogP contribution in [0.5, 0.6) is 0 Å². The van der Waals surface area contributed by atoms with E-state index in [1.54, 1.807) is 6.33 Å². The van der Waals surface area contributed by atoms with Gasteiger partial charge in [-0.1, -0.05) is 43.0 Å². The molecule has 4 aromatic rings. The third-order valence-electron chi connectivity index (χ3n) is 9.71. The minimum absolute atomic E-state index is 0.0533. The van der Waals surface area contributed by atoms with E-state index in [0.717, 1.165) is 57.1 Å². The zero-order valence-electron chi connectivity index (χ0n) is 24.9. The van der Waals surface area contributed by atoms with Crippen LogP contribution in [0.15, 0.2) is 70.4 Å². The van der Waals surface area contributed by atoms with Crippen molar-refractivity contribution in [3.63, 3.8) is 0 Å². The van der Waals surface area contributed by atoms with Gasteiger partial charge < -0.3 is 14.6 Å². The molecule has 1 amide bonds. The highest BCUT2D eigenvalue weighted by atomic mass is 35.5. The van der Waals surface area contributed by atoms with E-state index in [2.05, 4.69) is 20.3 Å². The highest BCUT2D eigenvalue weighted by Crippen LogP contribution is 2.47. The third kappa shape index (κ3) is 7.21. The fourth-order valence-electron chi connectivity index (χ4n) is 7.24. The van der Waals surface area contributed by atoms with Crippen molar-refractivity contribution in [3.05, 3.63) is 93.6 Å². The van der Waals surface area contributed by atoms with Crippen molar-refractivity contribution in [3.8, 4) is 0 Å². The molecule has 2 fully saturated rings. The van der Waals surface area contributed by atoms with Crippen molar-refractivity contribution >= 4 is 28.5 Å². The fourth-order valence-corrected chi connectivity index (χ4v) is 7.36. The lowest BCUT2D eigenvalue weighted by Gasteiger charge is -2.48. The summed E-state index contributed by atoms with van der Waals surface area (Å²) in [5.74, 6) is -0.439. The molecule has 1 atom stereocenters. The second kappa shape index (κ2) is 13.6. The van der Waals surface area contributed by atoms with Crippen LogP contribution < -0.4 is 10.7 Å². The van der Waals surface area contributed by atoms with Crippen LogP contribution >= 0.6 is 11.6 Å². The van der Waals surface area contributed by atoms with Crippen LogP contribution in [0.1, 0.15) is 67.5 Å². The Hall–Kier alpha value is -3.56. The number of carbonyl (C=O) groups excluding carboxylic acids is 1. The average molecular weight is 620 g/mol. The normalized spacial score (nSPS) is 18.3. The molecule has 232 valence electrons. The summed E-state index contributed by atoms with van der Waals surface area (Å²) >= 11 is 6.12. The van der Waals surface area contributed by atoms with Gasteiger partial charge in [-0.2, -0.15) is 5.10 Å². The molecule has 1 aliphatic heterocycles. The lowest BCUT2D eigenvalue weighted by molar-refractivity contribution is 0.0104. The molecule has 1 aliphatic carbocycles. The Balaban J connectivity index is 1.14. The Morgan fingerprint density at radius 3 is 2.59 bits per heavy atom. The molecule has 1 saturated carbocycles. The van der Waals surface area contributed by atoms with E-state index in [0.29, 0.717) is 17.4 Å². The highest BCUT2D eigenvalue weighted by molar-refractivity contribution is 6.30. The van der Waals surface area contributed by atoms with Crippen LogP contribution in [-0.4, -0.2) is 51.2 Å². The first-order valence-corrected chi connectivity index (χ1v) is 16.1. The number of hydrogen-bond acceptors (Lipinski definition) is 6. The topological polar surface area (TPSA) is 93.3 Å². The maximum Gasteiger partial charge on any atom is 0.287 e. The Bertz CT molecular complexity index is 1610. The van der Waals surface area contributed by atoms with E-state index in [1.807, 2.05) is 35.3 Å². The molecule has 44 heavy (non-hydrogen) atoms. The summed E-state index contributed by atoms with van der Waals surface area (Å²) in [5.41, 5.74) is 0.947. The molecule has 6 rings (SSSR count). The van der Waals surface area contributed by atoms with Crippen LogP contribution in [0.25, 0.3) is 11.0 Å². The third-order valence-corrected chi connectivity index (χ3v) is 9.96. The molecule has 0 radical (unpaired) electrons. The van der Waals surface area contributed by atoms with E-state index in [1.165, 1.54) is 50.3 Å². The largest absolute Gasteiger partial charge is 0.451 e. The molecule has 2 aliphatic rings. The van der Waals surface area contributed by atoms with Gasteiger partial charge in [-0.25, -0.2) is 9.37 Å². The summed E-state index contributed by atoms with van der Waals surface area (Å²) in [7, 11) is 0. The van der Waals surface area contributed by atoms with Crippen molar-refractivity contribution in [2.24, 2.45) is 11.3 Å². The average Bonchev–Trinajstić information content (AvgIpc) is 3.54. The van der Waals surface area contributed by atoms with Gasteiger partial charge in [0.05, 0.1) is 5.39 Å². The summed E-state index contributed by atoms with van der Waals surface area (Å²) in [6.07, 6.45) is 13.6. The Kier molecular flexibility index (Phi) is 9.42. The second-order valence-electron chi connectivity index (χ2n) is 12.5. The van der Waals surface area contributed by atoms with Gasteiger partial charge in [0.15, 0.2) is 11.2 Å². The minimum atomic E-state index is -0.533. The van der Waals surface area contributed by atoms with Gasteiger partial charge >= 0.3 is 0 Å². The van der Waals surface area contributed by atoms with Gasteiger partial charge in [0.1, 0.15) is 24.1 Å². The maximum atomic E-state index is 13.8. The Morgan fingerprint density at radius 2 is 1.86 bits per heavy atom. The summed E-state index contributed by atoms with van der Waals surface area (Å²) in [4.78, 5) is 32.7. The van der Waals surface area contributed by atoms with Gasteiger partial charge in [-0.15, -0.1) is 0 Å². The first-order chi connectivity index (χ1) is 21.4. The van der Waals surface area contributed by atoms with Crippen molar-refractivity contribution in [1.82, 2.24) is 25.0 Å². The van der Waals surface area contributed by atoms with Crippen LogP contribution in [-0.2, 0) is 13.0 Å². The van der Waals surface area contributed by atoms with Crippen LogP contribution in [0, 0.1) is 17.2 Å². The summed E-state index contributed by atoms with van der Waals surface area (Å²) in [6.45, 7) is 3.74. The number of fused-ring (bicyclic) bond motifs is 1. The first-order valence-electron chi connectivity index (χ1n) is 15.7. The van der Waals surface area contributed by atoms with E-state index in [-0.39, 0.29) is 33.6 Å². The summed E-state index contributed by atoms with van der Waals surface area (Å²) in [6, 6.07) is 12.3. The molecule has 3 heterocycles. The Morgan fingerprint density at radius 1 is 1.09 bits per heavy atom. The van der Waals surface area contributed by atoms with Gasteiger partial charge in [0.2, 0.25) is 0 Å². The highest BCUT2D eigenvalue weighted by Gasteiger charge is 2.42. The Labute approximate surface area is 261 Å². The molecule has 0 bridgehead atoms. The van der Waals surface area contributed by atoms with Crippen LogP contribution in [0.3, 0.4) is 0 Å². The predicted molar refractivity (Wildman–Crippen MR) is 168 cm³/mol. The van der Waals surface area contributed by atoms with Crippen molar-refractivity contribution < 1.29 is 13.6 Å². The number of hydrogen-bond donors (Lipinski definition) is 1. The monoisotopic (exact) mass is 619 g/mol. The lowest BCUT2D eigenvalue weighted by atomic mass is 9.63. The molecule has 1 N–H and O–H groups in total. The molecule has 0 spiro atoms. The number of nitrogens with one attached hydrogen (secondary N) is 1. The van der Waals surface area contributed by atoms with Crippen LogP contribution in [0.4, 0.5) is 4.39 Å². The quantitative estimate of drug-likeness (QED) is 0.225. The van der Waals surface area contributed by atoms with Crippen LogP contribution in [0.2, 0.25) is 5.02 Å². The first kappa shape index (κ1) is 30.5. The molecular formula is C34H39ClFN5O3. The zero-order valence-corrected chi connectivity index (χ0v) is 25.6. The summed E-state index contributed by atoms with van der Waals surface area (Å²) < 4.78 is 21.5. The minimum Gasteiger partial charge on any atom is -0.451 e. The number of carbonyl (C=O) groups is 1. The number of rotatable bonds is 10. The number of nitrogens with zero attached hydrogens (tertiary/aromatic N) is 4. The fraction of sp³-hybridized carbons (Fsp3) is 0.471. The van der Waals surface area contributed by atoms with Crippen molar-refractivity contribution in [2.45, 2.75) is 70.4 Å². The number of benzene rings is 2. The SMILES string of the molecule is O=C(N[C@H](CCN1CCC(Cn2cncn2)(C2CCCCC2)CC1)Cc1ccc(Cl)cc1)c1cc(=O)c2ccc(F)cc2o1. The maximum absolute atomic E-state index is 13.8. The lowest BCUT2D eigenvalue weighted by Crippen LogP contribution is -2.48. The van der Waals surface area contributed by atoms with Gasteiger partial charge in [0.25, 0.3) is 5.91 Å². The molecule has 10 heteroatoms. The van der Waals surface area contributed by atoms with E-state index in [9.17, 15) is 14.0 Å². The molecule has 8 nitrogen and oxygen atoms in total. The van der Waals surface area contributed by atoms with Crippen molar-refractivity contribution in [1.29, 1.82) is 0 Å². The molecule has 2 aromatic heterocycles. The number of piperidine rings is 1. The molecular weight excluding hydrogens is 581 g/mol. The van der Waals surface area contributed by atoms with E-state index < -0.39 is 11.7 Å². The van der Waals surface area contributed by atoms with Gasteiger partial charge in [-0.3, -0.25) is 14.3 Å². The van der Waals surface area contributed by atoms with Gasteiger partial charge in [-0.05, 0) is 92.8 Å². The number of likely N-dealkylation sites (tertiary alicyclic amines) is 1. The number of halogens is 2. The molecule has 0 unspecified atom stereocenters. The second-order valence-corrected chi connectivity index (χ2v) is 13.0. The molecule has 1 saturated heterocycles. The zero-order chi connectivity index (χ0) is 30.5. The smallest absolute Gasteiger partial charge is 0.287 e. The van der Waals surface area contributed by atoms with Crippen molar-refractivity contribution in [2.75, 3.05) is 19.6 Å². The summed E-state index contributed by atoms with van der Waals surface area (Å²) in [5, 5.41) is 8.44. The van der Waals surface area contributed by atoms with Gasteiger partial charge in [0, 0.05) is 36.3 Å². The number of amides is 1. The van der Waals surface area contributed by atoms with E-state index >= 15 is 0 Å².